The van der Waals surface area contributed by atoms with Crippen molar-refractivity contribution in [2.45, 2.75) is 110 Å². The third-order valence-electron chi connectivity index (χ3n) is 9.08. The maximum atomic E-state index is 4.35. The van der Waals surface area contributed by atoms with Gasteiger partial charge in [0.25, 0.3) is 0 Å². The van der Waals surface area contributed by atoms with E-state index < -0.39 is 0 Å². The minimum atomic E-state index is -0.188. The Bertz CT molecular complexity index is 1190. The Morgan fingerprint density at radius 2 is 1.29 bits per heavy atom. The molecule has 0 fully saturated rings. The monoisotopic (exact) mass is 563 g/mol. The Balaban J connectivity index is 1.72. The van der Waals surface area contributed by atoms with Gasteiger partial charge in [-0.15, -0.1) is 0 Å². The van der Waals surface area contributed by atoms with E-state index in [1.54, 1.807) is 0 Å². The van der Waals surface area contributed by atoms with E-state index >= 15 is 0 Å². The molecule has 1 N–H and O–H groups in total. The molecule has 0 aliphatic rings. The number of nitrogens with one attached hydrogen (secondary N) is 1. The number of benzene rings is 3. The Labute approximate surface area is 258 Å². The van der Waals surface area contributed by atoms with Gasteiger partial charge in [0.1, 0.15) is 0 Å². The fourth-order valence-corrected chi connectivity index (χ4v) is 6.14. The molecular weight excluding hydrogens is 506 g/mol. The third-order valence-corrected chi connectivity index (χ3v) is 9.08. The standard InChI is InChI=1S/C41H57N/c1-7-17-37-24-28-40(29-25-37)41(38-20-15-12-16-21-38,39-26-22-36(9-3)23-27-39)31-30-34(5)32-42-35(6)19-14-11-10-13-18-33(4)8-2/h12,15-16,20-29,34,42H,4,6-11,13-14,17-19,30-32H2,1-3,5H3. The summed E-state index contributed by atoms with van der Waals surface area (Å²) in [6, 6.07) is 30.1. The number of allylic oxidation sites excluding steroid dienone is 2. The van der Waals surface area contributed by atoms with Crippen molar-refractivity contribution in [2.24, 2.45) is 5.92 Å². The first-order valence-corrected chi connectivity index (χ1v) is 16.8. The second-order valence-electron chi connectivity index (χ2n) is 12.4. The summed E-state index contributed by atoms with van der Waals surface area (Å²) in [5, 5.41) is 3.68. The van der Waals surface area contributed by atoms with Gasteiger partial charge in [-0.2, -0.15) is 0 Å². The predicted molar refractivity (Wildman–Crippen MR) is 185 cm³/mol. The van der Waals surface area contributed by atoms with Crippen LogP contribution in [-0.2, 0) is 18.3 Å². The van der Waals surface area contributed by atoms with Gasteiger partial charge in [-0.05, 0) is 91.5 Å². The van der Waals surface area contributed by atoms with Gasteiger partial charge < -0.3 is 5.32 Å². The van der Waals surface area contributed by atoms with Crippen LogP contribution in [0.15, 0.2) is 103 Å². The molecule has 2 atom stereocenters. The number of rotatable bonds is 20. The van der Waals surface area contributed by atoms with Crippen molar-refractivity contribution in [3.8, 4) is 0 Å². The molecule has 226 valence electrons. The highest BCUT2D eigenvalue weighted by Gasteiger charge is 2.36. The van der Waals surface area contributed by atoms with Crippen molar-refractivity contribution in [3.05, 3.63) is 131 Å². The van der Waals surface area contributed by atoms with Gasteiger partial charge in [0.2, 0.25) is 0 Å². The van der Waals surface area contributed by atoms with Gasteiger partial charge in [-0.1, -0.05) is 145 Å². The summed E-state index contributed by atoms with van der Waals surface area (Å²) < 4.78 is 0. The van der Waals surface area contributed by atoms with Crippen LogP contribution in [0, 0.1) is 5.92 Å². The van der Waals surface area contributed by atoms with E-state index in [0.29, 0.717) is 5.92 Å². The van der Waals surface area contributed by atoms with Crippen LogP contribution in [0.25, 0.3) is 0 Å². The van der Waals surface area contributed by atoms with Crippen molar-refractivity contribution >= 4 is 0 Å². The van der Waals surface area contributed by atoms with Crippen LogP contribution in [0.5, 0.6) is 0 Å². The second-order valence-corrected chi connectivity index (χ2v) is 12.4. The van der Waals surface area contributed by atoms with Crippen molar-refractivity contribution in [1.82, 2.24) is 5.32 Å². The second kappa shape index (κ2) is 17.8. The Morgan fingerprint density at radius 3 is 1.86 bits per heavy atom. The third kappa shape index (κ3) is 9.75. The molecule has 0 spiro atoms. The van der Waals surface area contributed by atoms with E-state index in [4.69, 9.17) is 0 Å². The predicted octanol–water partition coefficient (Wildman–Crippen LogP) is 11.4. The lowest BCUT2D eigenvalue weighted by Gasteiger charge is -2.37. The molecule has 0 aliphatic heterocycles. The maximum absolute atomic E-state index is 4.35. The van der Waals surface area contributed by atoms with E-state index in [1.165, 1.54) is 77.6 Å². The van der Waals surface area contributed by atoms with E-state index in [2.05, 4.69) is 125 Å². The number of hydrogen-bond donors (Lipinski definition) is 1. The normalized spacial score (nSPS) is 13.3. The molecular formula is C41H57N. The van der Waals surface area contributed by atoms with E-state index in [-0.39, 0.29) is 5.41 Å². The van der Waals surface area contributed by atoms with Crippen LogP contribution in [0.1, 0.15) is 120 Å². The van der Waals surface area contributed by atoms with Crippen LogP contribution in [0.2, 0.25) is 0 Å². The van der Waals surface area contributed by atoms with Gasteiger partial charge in [0.15, 0.2) is 0 Å². The Hall–Kier alpha value is -3.06. The minimum absolute atomic E-state index is 0.188. The molecule has 0 aromatic heterocycles. The van der Waals surface area contributed by atoms with Crippen molar-refractivity contribution in [1.29, 1.82) is 0 Å². The Morgan fingerprint density at radius 1 is 0.714 bits per heavy atom. The SMILES string of the molecule is C=C(CC)CCCCCCC(=C)NCC(C)CCC(c1ccccc1)(c1ccc(CC)cc1)c1ccc(CCC)cc1. The Kier molecular flexibility index (Phi) is 14.2. The average Bonchev–Trinajstić information content (AvgIpc) is 3.03. The molecule has 0 radical (unpaired) electrons. The first kappa shape index (κ1) is 33.4. The highest BCUT2D eigenvalue weighted by atomic mass is 14.9. The van der Waals surface area contributed by atoms with Gasteiger partial charge >= 0.3 is 0 Å². The molecule has 3 aromatic carbocycles. The van der Waals surface area contributed by atoms with Crippen molar-refractivity contribution in [2.75, 3.05) is 6.54 Å². The molecule has 0 saturated heterocycles. The minimum Gasteiger partial charge on any atom is -0.389 e. The summed E-state index contributed by atoms with van der Waals surface area (Å²) in [5.41, 5.74) is 9.37. The summed E-state index contributed by atoms with van der Waals surface area (Å²) in [6.07, 6.45) is 14.0. The largest absolute Gasteiger partial charge is 0.389 e. The van der Waals surface area contributed by atoms with E-state index in [1.807, 2.05) is 0 Å². The number of unbranched alkanes of at least 4 members (excludes halogenated alkanes) is 3. The van der Waals surface area contributed by atoms with Crippen LogP contribution in [0.4, 0.5) is 0 Å². The molecule has 1 nitrogen and oxygen atoms in total. The highest BCUT2D eigenvalue weighted by molar-refractivity contribution is 5.51. The van der Waals surface area contributed by atoms with Gasteiger partial charge in [0.05, 0.1) is 0 Å². The summed E-state index contributed by atoms with van der Waals surface area (Å²) in [6.45, 7) is 18.5. The van der Waals surface area contributed by atoms with E-state index in [0.717, 1.165) is 45.1 Å². The molecule has 2 unspecified atom stereocenters. The van der Waals surface area contributed by atoms with Gasteiger partial charge in [-0.3, -0.25) is 0 Å². The summed E-state index contributed by atoms with van der Waals surface area (Å²) >= 11 is 0. The lowest BCUT2D eigenvalue weighted by atomic mass is 9.66. The van der Waals surface area contributed by atoms with Crippen molar-refractivity contribution in [3.63, 3.8) is 0 Å². The zero-order valence-electron chi connectivity index (χ0n) is 27.2. The van der Waals surface area contributed by atoms with E-state index in [9.17, 15) is 0 Å². The molecule has 0 heterocycles. The fourth-order valence-electron chi connectivity index (χ4n) is 6.14. The van der Waals surface area contributed by atoms with Crippen LogP contribution >= 0.6 is 0 Å². The molecule has 1 heteroatoms. The van der Waals surface area contributed by atoms with Crippen molar-refractivity contribution < 1.29 is 0 Å². The topological polar surface area (TPSA) is 12.0 Å². The molecule has 0 bridgehead atoms. The van der Waals surface area contributed by atoms with Gasteiger partial charge in [0, 0.05) is 17.7 Å². The zero-order chi connectivity index (χ0) is 30.2. The zero-order valence-corrected chi connectivity index (χ0v) is 27.2. The summed E-state index contributed by atoms with van der Waals surface area (Å²) in [4.78, 5) is 0. The molecule has 42 heavy (non-hydrogen) atoms. The lowest BCUT2D eigenvalue weighted by molar-refractivity contribution is 0.427. The molecule has 3 aromatic rings. The average molecular weight is 564 g/mol. The van der Waals surface area contributed by atoms with Crippen LogP contribution < -0.4 is 5.32 Å². The molecule has 0 aliphatic carbocycles. The van der Waals surface area contributed by atoms with Gasteiger partial charge in [-0.25, -0.2) is 0 Å². The quantitative estimate of drug-likeness (QED) is 0.0819. The number of aryl methyl sites for hydroxylation is 2. The molecule has 3 rings (SSSR count). The first-order chi connectivity index (χ1) is 20.4. The number of hydrogen-bond acceptors (Lipinski definition) is 1. The first-order valence-electron chi connectivity index (χ1n) is 16.8. The van der Waals surface area contributed by atoms with Crippen LogP contribution in [0.3, 0.4) is 0 Å². The lowest BCUT2D eigenvalue weighted by Crippen LogP contribution is -2.31. The summed E-state index contributed by atoms with van der Waals surface area (Å²) in [7, 11) is 0. The smallest absolute Gasteiger partial charge is 0.0451 e. The maximum Gasteiger partial charge on any atom is 0.0451 e. The summed E-state index contributed by atoms with van der Waals surface area (Å²) in [5.74, 6) is 0.541. The van der Waals surface area contributed by atoms with Crippen LogP contribution in [-0.4, -0.2) is 6.54 Å². The molecule has 0 saturated carbocycles. The fraction of sp³-hybridized carbons (Fsp3) is 0.463. The highest BCUT2D eigenvalue weighted by Crippen LogP contribution is 2.44. The molecule has 0 amide bonds.